The van der Waals surface area contributed by atoms with Crippen molar-refractivity contribution in [1.82, 2.24) is 9.97 Å². The molecule has 2 N–H and O–H groups in total. The van der Waals surface area contributed by atoms with Gasteiger partial charge in [-0.25, -0.2) is 9.97 Å². The number of hydrogen-bond donors (Lipinski definition) is 2. The summed E-state index contributed by atoms with van der Waals surface area (Å²) in [5.74, 6) is 6.01. The van der Waals surface area contributed by atoms with Gasteiger partial charge in [-0.05, 0) is 43.9 Å². The lowest BCUT2D eigenvalue weighted by molar-refractivity contribution is 0.348. The molecular formula is C17H28N4. The van der Waals surface area contributed by atoms with Gasteiger partial charge in [0.2, 0.25) is 0 Å². The third-order valence-electron chi connectivity index (χ3n) is 5.05. The van der Waals surface area contributed by atoms with Crippen molar-refractivity contribution in [2.45, 2.75) is 52.4 Å². The minimum atomic E-state index is 0.353. The van der Waals surface area contributed by atoms with E-state index in [1.54, 1.807) is 0 Å². The second-order valence-electron chi connectivity index (χ2n) is 7.00. The van der Waals surface area contributed by atoms with E-state index < -0.39 is 0 Å². The number of aromatic nitrogens is 2. The second kappa shape index (κ2) is 6.20. The summed E-state index contributed by atoms with van der Waals surface area (Å²) in [7, 11) is 0. The summed E-state index contributed by atoms with van der Waals surface area (Å²) < 4.78 is 0. The van der Waals surface area contributed by atoms with Crippen molar-refractivity contribution >= 4 is 11.6 Å². The van der Waals surface area contributed by atoms with Gasteiger partial charge in [0.05, 0.1) is 0 Å². The molecule has 2 bridgehead atoms. The van der Waals surface area contributed by atoms with Gasteiger partial charge >= 0.3 is 0 Å². The van der Waals surface area contributed by atoms with Gasteiger partial charge in [0.15, 0.2) is 0 Å². The van der Waals surface area contributed by atoms with Crippen molar-refractivity contribution in [3.05, 3.63) is 11.9 Å². The van der Waals surface area contributed by atoms with E-state index in [-0.39, 0.29) is 0 Å². The fraction of sp³-hybridized carbons (Fsp3) is 0.765. The largest absolute Gasteiger partial charge is 0.370 e. The van der Waals surface area contributed by atoms with Crippen LogP contribution in [0.5, 0.6) is 0 Å². The van der Waals surface area contributed by atoms with Crippen LogP contribution >= 0.6 is 0 Å². The topological polar surface area (TPSA) is 49.8 Å². The average molecular weight is 288 g/mol. The van der Waals surface area contributed by atoms with E-state index >= 15 is 0 Å². The summed E-state index contributed by atoms with van der Waals surface area (Å²) in [5.41, 5.74) is 0. The average Bonchev–Trinajstić information content (AvgIpc) is 3.07. The SMILES string of the molecule is CCNc1cc(NCC2CC3CCC2C3)nc(C(C)C)n1. The maximum atomic E-state index is 4.68. The monoisotopic (exact) mass is 288 g/mol. The number of rotatable bonds is 6. The Bertz CT molecular complexity index is 486. The Morgan fingerprint density at radius 3 is 2.48 bits per heavy atom. The predicted molar refractivity (Wildman–Crippen MR) is 87.7 cm³/mol. The molecule has 4 nitrogen and oxygen atoms in total. The molecule has 1 aromatic heterocycles. The Morgan fingerprint density at radius 2 is 1.90 bits per heavy atom. The molecule has 3 unspecified atom stereocenters. The molecule has 0 saturated heterocycles. The van der Waals surface area contributed by atoms with E-state index in [0.717, 1.165) is 48.3 Å². The first kappa shape index (κ1) is 14.6. The molecule has 2 aliphatic rings. The van der Waals surface area contributed by atoms with E-state index in [1.807, 2.05) is 6.07 Å². The van der Waals surface area contributed by atoms with Gasteiger partial charge in [-0.2, -0.15) is 0 Å². The maximum Gasteiger partial charge on any atom is 0.135 e. The molecule has 1 heterocycles. The normalized spacial score (nSPS) is 27.3. The number of hydrogen-bond acceptors (Lipinski definition) is 4. The van der Waals surface area contributed by atoms with Gasteiger partial charge in [-0.3, -0.25) is 0 Å². The number of nitrogens with zero attached hydrogens (tertiary/aromatic N) is 2. The highest BCUT2D eigenvalue weighted by atomic mass is 15.1. The Balaban J connectivity index is 1.66. The molecule has 4 heteroatoms. The summed E-state index contributed by atoms with van der Waals surface area (Å²) in [4.78, 5) is 9.25. The first-order valence-corrected chi connectivity index (χ1v) is 8.52. The first-order valence-electron chi connectivity index (χ1n) is 8.52. The van der Waals surface area contributed by atoms with E-state index in [0.29, 0.717) is 5.92 Å². The third kappa shape index (κ3) is 3.30. The fourth-order valence-corrected chi connectivity index (χ4v) is 3.95. The highest BCUT2D eigenvalue weighted by Crippen LogP contribution is 2.48. The molecule has 2 saturated carbocycles. The van der Waals surface area contributed by atoms with Crippen molar-refractivity contribution < 1.29 is 0 Å². The zero-order chi connectivity index (χ0) is 14.8. The van der Waals surface area contributed by atoms with Gasteiger partial charge < -0.3 is 10.6 Å². The Hall–Kier alpha value is -1.32. The molecule has 1 aromatic rings. The van der Waals surface area contributed by atoms with Crippen LogP contribution in [0.15, 0.2) is 6.07 Å². The lowest BCUT2D eigenvalue weighted by Gasteiger charge is -2.22. The van der Waals surface area contributed by atoms with Gasteiger partial charge in [0.1, 0.15) is 17.5 Å². The van der Waals surface area contributed by atoms with Crippen LogP contribution in [0, 0.1) is 17.8 Å². The van der Waals surface area contributed by atoms with Crippen LogP contribution in [-0.2, 0) is 0 Å². The van der Waals surface area contributed by atoms with Crippen molar-refractivity contribution in [3.63, 3.8) is 0 Å². The quantitative estimate of drug-likeness (QED) is 0.834. The number of anilines is 2. The molecule has 116 valence electrons. The molecule has 0 spiro atoms. The lowest BCUT2D eigenvalue weighted by atomic mass is 9.89. The van der Waals surface area contributed by atoms with Crippen LogP contribution in [0.1, 0.15) is 58.2 Å². The fourth-order valence-electron chi connectivity index (χ4n) is 3.95. The van der Waals surface area contributed by atoms with E-state index in [4.69, 9.17) is 0 Å². The van der Waals surface area contributed by atoms with Crippen molar-refractivity contribution in [2.24, 2.45) is 17.8 Å². The van der Waals surface area contributed by atoms with E-state index in [2.05, 4.69) is 41.4 Å². The summed E-state index contributed by atoms with van der Waals surface area (Å²) in [6.07, 6.45) is 5.80. The predicted octanol–water partition coefficient (Wildman–Crippen LogP) is 3.88. The summed E-state index contributed by atoms with van der Waals surface area (Å²) >= 11 is 0. The number of fused-ring (bicyclic) bond motifs is 2. The zero-order valence-electron chi connectivity index (χ0n) is 13.5. The Kier molecular flexibility index (Phi) is 4.32. The summed E-state index contributed by atoms with van der Waals surface area (Å²) in [5, 5.41) is 6.88. The van der Waals surface area contributed by atoms with Gasteiger partial charge in [0, 0.05) is 25.1 Å². The minimum Gasteiger partial charge on any atom is -0.370 e. The third-order valence-corrected chi connectivity index (χ3v) is 5.05. The first-order chi connectivity index (χ1) is 10.2. The van der Waals surface area contributed by atoms with E-state index in [1.165, 1.54) is 25.7 Å². The van der Waals surface area contributed by atoms with Crippen LogP contribution in [-0.4, -0.2) is 23.1 Å². The molecule has 3 atom stereocenters. The van der Waals surface area contributed by atoms with Crippen LogP contribution in [0.25, 0.3) is 0 Å². The Labute approximate surface area is 128 Å². The molecule has 0 aromatic carbocycles. The lowest BCUT2D eigenvalue weighted by Crippen LogP contribution is -2.21. The summed E-state index contributed by atoms with van der Waals surface area (Å²) in [6, 6.07) is 2.04. The standard InChI is InChI=1S/C17H28N4/c1-4-18-15-9-16(21-17(20-15)11(2)3)19-10-14-8-12-5-6-13(14)7-12/h9,11-14H,4-8,10H2,1-3H3,(H2,18,19,20,21). The zero-order valence-corrected chi connectivity index (χ0v) is 13.5. The van der Waals surface area contributed by atoms with Crippen LogP contribution < -0.4 is 10.6 Å². The molecule has 0 amide bonds. The molecule has 21 heavy (non-hydrogen) atoms. The van der Waals surface area contributed by atoms with Crippen molar-refractivity contribution in [2.75, 3.05) is 23.7 Å². The number of nitrogens with one attached hydrogen (secondary N) is 2. The maximum absolute atomic E-state index is 4.68. The van der Waals surface area contributed by atoms with Crippen LogP contribution in [0.4, 0.5) is 11.6 Å². The molecular weight excluding hydrogens is 260 g/mol. The van der Waals surface area contributed by atoms with Gasteiger partial charge in [0.25, 0.3) is 0 Å². The molecule has 2 fully saturated rings. The van der Waals surface area contributed by atoms with Crippen molar-refractivity contribution in [1.29, 1.82) is 0 Å². The minimum absolute atomic E-state index is 0.353. The van der Waals surface area contributed by atoms with Gasteiger partial charge in [-0.15, -0.1) is 0 Å². The highest BCUT2D eigenvalue weighted by Gasteiger charge is 2.39. The van der Waals surface area contributed by atoms with Crippen LogP contribution in [0.3, 0.4) is 0 Å². The smallest absolute Gasteiger partial charge is 0.135 e. The van der Waals surface area contributed by atoms with Crippen molar-refractivity contribution in [3.8, 4) is 0 Å². The second-order valence-corrected chi connectivity index (χ2v) is 7.00. The van der Waals surface area contributed by atoms with E-state index in [9.17, 15) is 0 Å². The molecule has 3 rings (SSSR count). The highest BCUT2D eigenvalue weighted by molar-refractivity contribution is 5.47. The summed E-state index contributed by atoms with van der Waals surface area (Å²) in [6.45, 7) is 8.34. The van der Waals surface area contributed by atoms with Crippen LogP contribution in [0.2, 0.25) is 0 Å². The molecule has 0 aliphatic heterocycles. The molecule has 2 aliphatic carbocycles. The molecule has 0 radical (unpaired) electrons. The Morgan fingerprint density at radius 1 is 1.14 bits per heavy atom. The van der Waals surface area contributed by atoms with Gasteiger partial charge in [-0.1, -0.05) is 20.3 Å².